The maximum atomic E-state index is 13.9. The van der Waals surface area contributed by atoms with Gasteiger partial charge in [-0.25, -0.2) is 9.97 Å². The quantitative estimate of drug-likeness (QED) is 0.578. The number of rotatable bonds is 3. The summed E-state index contributed by atoms with van der Waals surface area (Å²) in [5, 5.41) is 0. The van der Waals surface area contributed by atoms with E-state index >= 15 is 0 Å². The van der Waals surface area contributed by atoms with Gasteiger partial charge in [0.05, 0.1) is 17.1 Å². The number of carbonyl (C=O) groups excluding carboxylic acids is 1. The molecular weight excluding hydrogens is 450 g/mol. The monoisotopic (exact) mass is 485 g/mol. The topological polar surface area (TPSA) is 74.3 Å². The Morgan fingerprint density at radius 2 is 1.78 bits per heavy atom. The van der Waals surface area contributed by atoms with Crippen molar-refractivity contribution in [3.8, 4) is 11.3 Å². The summed E-state index contributed by atoms with van der Waals surface area (Å²) in [6.45, 7) is 8.19. The molecule has 1 N–H and O–H groups in total. The molecule has 0 bridgehead atoms. The summed E-state index contributed by atoms with van der Waals surface area (Å²) in [6, 6.07) is 10.6. The summed E-state index contributed by atoms with van der Waals surface area (Å²) in [7, 11) is 0. The van der Waals surface area contributed by atoms with Crippen LogP contribution in [0.3, 0.4) is 0 Å². The third-order valence-electron chi connectivity index (χ3n) is 8.02. The zero-order valence-corrected chi connectivity index (χ0v) is 21.3. The summed E-state index contributed by atoms with van der Waals surface area (Å²) in [4.78, 5) is 31.5. The number of aromatic amines is 1. The highest BCUT2D eigenvalue weighted by Gasteiger charge is 2.33. The molecule has 7 nitrogen and oxygen atoms in total. The number of hydrogen-bond acceptors (Lipinski definition) is 5. The van der Waals surface area contributed by atoms with Crippen molar-refractivity contribution in [3.05, 3.63) is 59.2 Å². The summed E-state index contributed by atoms with van der Waals surface area (Å²) < 4.78 is 5.56. The molecule has 2 aromatic heterocycles. The van der Waals surface area contributed by atoms with E-state index < -0.39 is 0 Å². The van der Waals surface area contributed by atoms with Gasteiger partial charge in [0.25, 0.3) is 0 Å². The van der Waals surface area contributed by atoms with Gasteiger partial charge in [-0.3, -0.25) is 4.79 Å². The van der Waals surface area contributed by atoms with E-state index in [0.717, 1.165) is 92.7 Å². The largest absolute Gasteiger partial charge is 0.381 e. The normalized spacial score (nSPS) is 19.1. The van der Waals surface area contributed by atoms with E-state index in [-0.39, 0.29) is 11.8 Å². The predicted molar refractivity (Wildman–Crippen MR) is 142 cm³/mol. The number of nitrogens with zero attached hydrogens (tertiary/aromatic N) is 4. The minimum atomic E-state index is 0.0300. The standard InChI is InChI=1S/C29H35N5O2/c1-19-3-4-25-23(17-19)27-24(31-28(32-27)21-9-15-36-16-10-21)8-14-34(25)29(35)22-6-12-33(13-7-22)26-18-20(2)5-11-30-26/h3-5,11,17-18,21-22H,6-10,12-16H2,1-2H3,(H,31,32). The lowest BCUT2D eigenvalue weighted by molar-refractivity contribution is -0.123. The highest BCUT2D eigenvalue weighted by Crippen LogP contribution is 2.39. The van der Waals surface area contributed by atoms with E-state index in [0.29, 0.717) is 12.5 Å². The van der Waals surface area contributed by atoms with Gasteiger partial charge in [0, 0.05) is 62.9 Å². The van der Waals surface area contributed by atoms with Gasteiger partial charge in [0.1, 0.15) is 11.6 Å². The lowest BCUT2D eigenvalue weighted by Gasteiger charge is -2.35. The van der Waals surface area contributed by atoms with Gasteiger partial charge in [-0.1, -0.05) is 11.6 Å². The van der Waals surface area contributed by atoms with Crippen LogP contribution < -0.4 is 9.80 Å². The number of pyridine rings is 1. The molecule has 0 radical (unpaired) electrons. The number of fused-ring (bicyclic) bond motifs is 3. The van der Waals surface area contributed by atoms with E-state index in [1.165, 1.54) is 11.1 Å². The number of anilines is 2. The highest BCUT2D eigenvalue weighted by atomic mass is 16.5. The van der Waals surface area contributed by atoms with Gasteiger partial charge in [-0.05, 0) is 69.4 Å². The Morgan fingerprint density at radius 1 is 1.00 bits per heavy atom. The van der Waals surface area contributed by atoms with Crippen LogP contribution in [0.1, 0.15) is 54.2 Å². The molecule has 2 saturated heterocycles. The second-order valence-electron chi connectivity index (χ2n) is 10.5. The Morgan fingerprint density at radius 3 is 2.56 bits per heavy atom. The van der Waals surface area contributed by atoms with E-state index in [1.807, 2.05) is 17.2 Å². The number of benzene rings is 1. The molecule has 6 rings (SSSR count). The van der Waals surface area contributed by atoms with Gasteiger partial charge in [-0.15, -0.1) is 0 Å². The lowest BCUT2D eigenvalue weighted by Crippen LogP contribution is -2.43. The van der Waals surface area contributed by atoms with Crippen LogP contribution in [0.5, 0.6) is 0 Å². The molecule has 188 valence electrons. The van der Waals surface area contributed by atoms with Crippen LogP contribution in [0, 0.1) is 19.8 Å². The SMILES string of the molecule is Cc1ccnc(N2CCC(C(=O)N3CCc4nc(C5CCOCC5)[nH]c4-c4cc(C)ccc43)CC2)c1. The highest BCUT2D eigenvalue weighted by molar-refractivity contribution is 5.99. The predicted octanol–water partition coefficient (Wildman–Crippen LogP) is 4.79. The van der Waals surface area contributed by atoms with E-state index in [2.05, 4.69) is 53.0 Å². The lowest BCUT2D eigenvalue weighted by atomic mass is 9.94. The number of hydrogen-bond donors (Lipinski definition) is 1. The second kappa shape index (κ2) is 9.69. The minimum absolute atomic E-state index is 0.0300. The molecule has 0 aliphatic carbocycles. The second-order valence-corrected chi connectivity index (χ2v) is 10.5. The smallest absolute Gasteiger partial charge is 0.230 e. The number of imidazole rings is 1. The van der Waals surface area contributed by atoms with Crippen molar-refractivity contribution in [2.24, 2.45) is 5.92 Å². The third-order valence-corrected chi connectivity index (χ3v) is 8.02. The first-order valence-corrected chi connectivity index (χ1v) is 13.3. The van der Waals surface area contributed by atoms with Crippen LogP contribution in [-0.4, -0.2) is 53.7 Å². The van der Waals surface area contributed by atoms with Crippen molar-refractivity contribution in [2.45, 2.75) is 51.9 Å². The minimum Gasteiger partial charge on any atom is -0.381 e. The number of piperidine rings is 1. The maximum absolute atomic E-state index is 13.9. The molecule has 0 spiro atoms. The fourth-order valence-corrected chi connectivity index (χ4v) is 5.92. The van der Waals surface area contributed by atoms with Gasteiger partial charge >= 0.3 is 0 Å². The van der Waals surface area contributed by atoms with Crippen molar-refractivity contribution in [3.63, 3.8) is 0 Å². The van der Waals surface area contributed by atoms with Gasteiger partial charge < -0.3 is 19.5 Å². The molecule has 0 atom stereocenters. The molecule has 2 fully saturated rings. The molecule has 0 saturated carbocycles. The van der Waals surface area contributed by atoms with E-state index in [1.54, 1.807) is 0 Å². The molecule has 3 aliphatic heterocycles. The first-order valence-electron chi connectivity index (χ1n) is 13.3. The van der Waals surface area contributed by atoms with Crippen LogP contribution in [-0.2, 0) is 16.0 Å². The molecular formula is C29H35N5O2. The van der Waals surface area contributed by atoms with Crippen LogP contribution in [0.2, 0.25) is 0 Å². The summed E-state index contributed by atoms with van der Waals surface area (Å²) in [5.41, 5.74) is 6.68. The van der Waals surface area contributed by atoms with Crippen molar-refractivity contribution < 1.29 is 9.53 Å². The number of amides is 1. The first-order chi connectivity index (χ1) is 17.6. The fraction of sp³-hybridized carbons (Fsp3) is 0.483. The Hall–Kier alpha value is -3.19. The summed E-state index contributed by atoms with van der Waals surface area (Å²) in [5.74, 6) is 2.79. The average Bonchev–Trinajstić information content (AvgIpc) is 3.28. The van der Waals surface area contributed by atoms with Crippen LogP contribution >= 0.6 is 0 Å². The molecule has 3 aliphatic rings. The number of carbonyl (C=O) groups is 1. The van der Waals surface area contributed by atoms with Gasteiger partial charge in [-0.2, -0.15) is 0 Å². The Labute approximate surface area is 212 Å². The summed E-state index contributed by atoms with van der Waals surface area (Å²) in [6.07, 6.45) is 6.35. The average molecular weight is 486 g/mol. The van der Waals surface area contributed by atoms with Crippen molar-refractivity contribution >= 4 is 17.4 Å². The zero-order valence-electron chi connectivity index (χ0n) is 21.3. The van der Waals surface area contributed by atoms with Crippen molar-refractivity contribution in [1.29, 1.82) is 0 Å². The Bertz CT molecular complexity index is 1250. The summed E-state index contributed by atoms with van der Waals surface area (Å²) >= 11 is 0. The first kappa shape index (κ1) is 23.2. The van der Waals surface area contributed by atoms with Crippen LogP contribution in [0.15, 0.2) is 36.5 Å². The van der Waals surface area contributed by atoms with Crippen LogP contribution in [0.25, 0.3) is 11.3 Å². The molecule has 7 heteroatoms. The molecule has 0 unspecified atom stereocenters. The Kier molecular flexibility index (Phi) is 6.25. The zero-order chi connectivity index (χ0) is 24.6. The fourth-order valence-electron chi connectivity index (χ4n) is 5.92. The number of nitrogens with one attached hydrogen (secondary N) is 1. The molecule has 36 heavy (non-hydrogen) atoms. The molecule has 1 aromatic carbocycles. The van der Waals surface area contributed by atoms with Crippen molar-refractivity contribution in [2.75, 3.05) is 42.6 Å². The molecule has 3 aromatic rings. The van der Waals surface area contributed by atoms with Crippen molar-refractivity contribution in [1.82, 2.24) is 15.0 Å². The third kappa shape index (κ3) is 4.41. The number of ether oxygens (including phenoxy) is 1. The van der Waals surface area contributed by atoms with E-state index in [4.69, 9.17) is 9.72 Å². The number of aromatic nitrogens is 3. The molecule has 5 heterocycles. The maximum Gasteiger partial charge on any atom is 0.230 e. The Balaban J connectivity index is 1.23. The van der Waals surface area contributed by atoms with Gasteiger partial charge in [0.2, 0.25) is 5.91 Å². The van der Waals surface area contributed by atoms with Gasteiger partial charge in [0.15, 0.2) is 0 Å². The number of H-pyrrole nitrogens is 1. The van der Waals surface area contributed by atoms with Crippen LogP contribution in [0.4, 0.5) is 11.5 Å². The van der Waals surface area contributed by atoms with E-state index in [9.17, 15) is 4.79 Å². The molecule has 1 amide bonds. The number of aryl methyl sites for hydroxylation is 2.